The van der Waals surface area contributed by atoms with E-state index >= 15 is 0 Å². The standard InChI is InChI=1S/C42H63N6Si.3ClH.Ti/c1-26-20-39(36(46(14)15)23-33(26)43(8)9)49(42-31(6)29(4)30(5)32(42)7,40-21-27(2)34(44(10)11)24-37(40)47(16)17)41-22-28(3)35(45(12)13)25-38(41)48(18)19;;;;/h20-25H,1-19H3;3*1H;/q-1;;;;+4/p-3. The molecule has 4 aromatic carbocycles. The summed E-state index contributed by atoms with van der Waals surface area (Å²) in [6.07, 6.45) is 0. The van der Waals surface area contributed by atoms with E-state index in [1.165, 1.54) is 93.8 Å². The van der Waals surface area contributed by atoms with Crippen molar-refractivity contribution in [3.05, 3.63) is 75.3 Å². The predicted octanol–water partition coefficient (Wildman–Crippen LogP) is -3.65. The molecule has 4 aromatic rings. The van der Waals surface area contributed by atoms with Crippen molar-refractivity contribution >= 4 is 62.9 Å². The summed E-state index contributed by atoms with van der Waals surface area (Å²) in [4.78, 5) is 13.8. The van der Waals surface area contributed by atoms with E-state index in [0.717, 1.165) is 0 Å². The minimum absolute atomic E-state index is 0. The van der Waals surface area contributed by atoms with Crippen LogP contribution in [0, 0.1) is 48.5 Å². The molecule has 0 unspecified atom stereocenters. The molecule has 0 aliphatic heterocycles. The van der Waals surface area contributed by atoms with Crippen molar-refractivity contribution in [1.82, 2.24) is 0 Å². The minimum atomic E-state index is -3.17. The first kappa shape index (κ1) is 50.6. The molecule has 0 saturated carbocycles. The van der Waals surface area contributed by atoms with Gasteiger partial charge in [-0.2, -0.15) is 22.3 Å². The van der Waals surface area contributed by atoms with Crippen molar-refractivity contribution in [2.24, 2.45) is 0 Å². The van der Waals surface area contributed by atoms with Crippen LogP contribution in [0.25, 0.3) is 0 Å². The van der Waals surface area contributed by atoms with Crippen molar-refractivity contribution in [2.45, 2.75) is 48.5 Å². The Kier molecular flexibility index (Phi) is 18.1. The molecule has 0 saturated heterocycles. The van der Waals surface area contributed by atoms with Gasteiger partial charge in [-0.1, -0.05) is 45.9 Å². The van der Waals surface area contributed by atoms with Gasteiger partial charge in [0.25, 0.3) is 0 Å². The van der Waals surface area contributed by atoms with E-state index in [0.29, 0.717) is 0 Å². The number of rotatable bonds is 10. The quantitative estimate of drug-likeness (QED) is 0.0928. The third-order valence-electron chi connectivity index (χ3n) is 10.9. The van der Waals surface area contributed by atoms with Crippen LogP contribution in [0.15, 0.2) is 36.4 Å². The molecule has 0 fully saturated rings. The van der Waals surface area contributed by atoms with Gasteiger partial charge in [0.1, 0.15) is 8.07 Å². The monoisotopic (exact) mass is 832 g/mol. The van der Waals surface area contributed by atoms with Gasteiger partial charge in [-0.15, -0.1) is 5.19 Å². The average Bonchev–Trinajstić information content (AvgIpc) is 3.19. The molecule has 0 bridgehead atoms. The molecule has 290 valence electrons. The predicted molar refractivity (Wildman–Crippen MR) is 225 cm³/mol. The molecular formula is C42H63Cl3N6SiTi. The van der Waals surface area contributed by atoms with E-state index in [2.05, 4.69) is 199 Å². The molecule has 0 heterocycles. The fourth-order valence-electron chi connectivity index (χ4n) is 8.13. The fraction of sp³-hybridized carbons (Fsp3) is 0.452. The van der Waals surface area contributed by atoms with Gasteiger partial charge in [-0.3, -0.25) is 0 Å². The molecule has 11 heteroatoms. The third-order valence-corrected chi connectivity index (χ3v) is 16.0. The Balaban J connectivity index is 0.00000676. The normalized spacial score (nSPS) is 10.7. The molecule has 0 spiro atoms. The summed E-state index contributed by atoms with van der Waals surface area (Å²) >= 11 is 0. The second kappa shape index (κ2) is 19.0. The van der Waals surface area contributed by atoms with Gasteiger partial charge in [0, 0.05) is 119 Å². The first-order valence-corrected chi connectivity index (χ1v) is 19.4. The van der Waals surface area contributed by atoms with Crippen LogP contribution in [0.5, 0.6) is 0 Å². The van der Waals surface area contributed by atoms with Crippen LogP contribution in [-0.2, 0) is 21.7 Å². The van der Waals surface area contributed by atoms with Crippen LogP contribution in [0.2, 0.25) is 0 Å². The van der Waals surface area contributed by atoms with Crippen LogP contribution in [0.4, 0.5) is 34.1 Å². The summed E-state index contributed by atoms with van der Waals surface area (Å²) in [6, 6.07) is 15.0. The largest absolute Gasteiger partial charge is 4.00 e. The topological polar surface area (TPSA) is 19.4 Å². The maximum absolute atomic E-state index is 3.17. The van der Waals surface area contributed by atoms with Crippen molar-refractivity contribution in [1.29, 1.82) is 0 Å². The maximum atomic E-state index is 2.55. The molecule has 53 heavy (non-hydrogen) atoms. The molecule has 0 amide bonds. The first-order chi connectivity index (χ1) is 22.7. The van der Waals surface area contributed by atoms with E-state index in [-0.39, 0.29) is 58.9 Å². The van der Waals surface area contributed by atoms with Crippen molar-refractivity contribution in [2.75, 3.05) is 114 Å². The zero-order valence-electron chi connectivity index (χ0n) is 35.8. The van der Waals surface area contributed by atoms with Crippen LogP contribution in [-0.4, -0.2) is 92.6 Å². The number of nitrogens with zero attached hydrogens (tertiary/aromatic N) is 6. The van der Waals surface area contributed by atoms with Gasteiger partial charge in [-0.05, 0) is 71.2 Å². The van der Waals surface area contributed by atoms with Gasteiger partial charge < -0.3 is 66.6 Å². The molecule has 0 atom stereocenters. The SMILES string of the molecule is Cc1cc([Si](c2cc(C)c(N(C)C)cc2N(C)C)(c2cc(C)c(N(C)C)cc2N(C)C)[c-]2c(C)c(C)c(C)c2C)c(N(C)C)cc1N(C)C.[Cl-].[Cl-].[Cl-].[Ti+4]. The first-order valence-electron chi connectivity index (χ1n) is 17.4. The second-order valence-electron chi connectivity index (χ2n) is 15.5. The Morgan fingerprint density at radius 3 is 0.755 bits per heavy atom. The molecule has 4 rings (SSSR count). The zero-order valence-corrected chi connectivity index (χ0v) is 40.6. The Bertz CT molecular complexity index is 1690. The fourth-order valence-corrected chi connectivity index (χ4v) is 14.7. The molecule has 0 aromatic heterocycles. The van der Waals surface area contributed by atoms with Crippen LogP contribution in [0.1, 0.15) is 38.9 Å². The van der Waals surface area contributed by atoms with Gasteiger partial charge in [-0.25, -0.2) is 0 Å². The maximum Gasteiger partial charge on any atom is 4.00 e. The van der Waals surface area contributed by atoms with Crippen LogP contribution >= 0.6 is 0 Å². The van der Waals surface area contributed by atoms with Gasteiger partial charge in [0.05, 0.1) is 0 Å². The number of benzene rings is 3. The van der Waals surface area contributed by atoms with Crippen molar-refractivity contribution in [3.8, 4) is 0 Å². The van der Waals surface area contributed by atoms with E-state index in [1.807, 2.05) is 0 Å². The number of hydrogen-bond acceptors (Lipinski definition) is 6. The summed E-state index contributed by atoms with van der Waals surface area (Å²) in [5, 5.41) is 5.80. The van der Waals surface area contributed by atoms with Gasteiger partial charge in [0.2, 0.25) is 0 Å². The minimum Gasteiger partial charge on any atom is -1.00 e. The Labute approximate surface area is 357 Å². The molecule has 0 aliphatic rings. The van der Waals surface area contributed by atoms with Gasteiger partial charge >= 0.3 is 21.7 Å². The molecule has 0 aliphatic carbocycles. The average molecular weight is 834 g/mol. The third kappa shape index (κ3) is 8.71. The van der Waals surface area contributed by atoms with E-state index in [4.69, 9.17) is 0 Å². The molecule has 6 nitrogen and oxygen atoms in total. The number of anilines is 6. The molecule has 0 N–H and O–H groups in total. The number of aryl methyl sites for hydroxylation is 3. The molecule has 0 radical (unpaired) electrons. The Morgan fingerprint density at radius 2 is 0.566 bits per heavy atom. The summed E-state index contributed by atoms with van der Waals surface area (Å²) in [5.41, 5.74) is 17.1. The second-order valence-corrected chi connectivity index (χ2v) is 19.1. The summed E-state index contributed by atoms with van der Waals surface area (Å²) < 4.78 is 0. The Morgan fingerprint density at radius 1 is 0.358 bits per heavy atom. The van der Waals surface area contributed by atoms with E-state index < -0.39 is 8.07 Å². The number of halogens is 3. The summed E-state index contributed by atoms with van der Waals surface area (Å²) in [6.45, 7) is 16.3. The summed E-state index contributed by atoms with van der Waals surface area (Å²) in [5.74, 6) is 0. The molecular weight excluding hydrogens is 771 g/mol. The van der Waals surface area contributed by atoms with Gasteiger partial charge in [0.15, 0.2) is 0 Å². The van der Waals surface area contributed by atoms with Crippen molar-refractivity contribution in [3.63, 3.8) is 0 Å². The van der Waals surface area contributed by atoms with Crippen LogP contribution in [0.3, 0.4) is 0 Å². The van der Waals surface area contributed by atoms with Crippen molar-refractivity contribution < 1.29 is 58.9 Å². The summed E-state index contributed by atoms with van der Waals surface area (Å²) in [7, 11) is 23.1. The Hall–Kier alpha value is -2.39. The zero-order chi connectivity index (χ0) is 37.0. The van der Waals surface area contributed by atoms with E-state index in [1.54, 1.807) is 0 Å². The smallest absolute Gasteiger partial charge is 1.00 e. The van der Waals surface area contributed by atoms with Crippen LogP contribution < -0.4 is 87.4 Å². The number of hydrogen-bond donors (Lipinski definition) is 0. The van der Waals surface area contributed by atoms with E-state index in [9.17, 15) is 0 Å².